The van der Waals surface area contributed by atoms with Crippen LogP contribution < -0.4 is 16.2 Å². The van der Waals surface area contributed by atoms with Gasteiger partial charge in [-0.25, -0.2) is 4.98 Å². The number of amides is 2. The van der Waals surface area contributed by atoms with E-state index in [-0.39, 0.29) is 23.9 Å². The largest absolute Gasteiger partial charge is 0.494 e. The number of para-hydroxylation sites is 1. The second-order valence-corrected chi connectivity index (χ2v) is 12.3. The molecule has 2 aliphatic carbocycles. The molecule has 41 heavy (non-hydrogen) atoms. The van der Waals surface area contributed by atoms with Crippen molar-refractivity contribution in [3.05, 3.63) is 47.5 Å². The smallest absolute Gasteiger partial charge is 0.254 e. The van der Waals surface area contributed by atoms with Crippen molar-refractivity contribution in [2.24, 2.45) is 30.4 Å². The van der Waals surface area contributed by atoms with E-state index in [1.807, 2.05) is 30.1 Å². The summed E-state index contributed by atoms with van der Waals surface area (Å²) < 4.78 is 10.3. The van der Waals surface area contributed by atoms with Gasteiger partial charge in [-0.2, -0.15) is 0 Å². The molecule has 0 spiro atoms. The number of imidazole rings is 1. The molecule has 2 aromatic carbocycles. The van der Waals surface area contributed by atoms with Gasteiger partial charge in [-0.3, -0.25) is 9.59 Å². The predicted molar refractivity (Wildman–Crippen MR) is 159 cm³/mol. The van der Waals surface area contributed by atoms with Crippen LogP contribution in [0, 0.1) is 11.8 Å². The van der Waals surface area contributed by atoms with E-state index < -0.39 is 0 Å². The number of piperidine rings is 2. The number of nitrogens with zero attached hydrogens (tertiary/aromatic N) is 4. The summed E-state index contributed by atoms with van der Waals surface area (Å²) in [5.74, 6) is 2.20. The molecule has 4 aliphatic rings. The van der Waals surface area contributed by atoms with Gasteiger partial charge in [-0.15, -0.1) is 0 Å². The maximum Gasteiger partial charge on any atom is 0.254 e. The molecule has 4 aromatic rings. The highest BCUT2D eigenvalue weighted by atomic mass is 16.5. The molecule has 0 radical (unpaired) electrons. The topological polar surface area (TPSA) is 121 Å². The maximum atomic E-state index is 13.8. The first-order chi connectivity index (χ1) is 19.8. The van der Waals surface area contributed by atoms with Gasteiger partial charge in [0.25, 0.3) is 5.91 Å². The molecule has 4 N–H and O–H groups in total. The molecule has 8 rings (SSSR count). The molecule has 4 heterocycles. The van der Waals surface area contributed by atoms with E-state index in [0.717, 1.165) is 71.4 Å². The first-order valence-electron chi connectivity index (χ1n) is 14.8. The second-order valence-electron chi connectivity index (χ2n) is 12.3. The van der Waals surface area contributed by atoms with E-state index in [1.54, 1.807) is 7.11 Å². The van der Waals surface area contributed by atoms with Crippen LogP contribution in [0.5, 0.6) is 5.75 Å². The summed E-state index contributed by atoms with van der Waals surface area (Å²) in [7, 11) is 3.65. The normalized spacial score (nSPS) is 22.1. The lowest BCUT2D eigenvalue weighted by atomic mass is 9.76. The zero-order chi connectivity index (χ0) is 28.4. The molecule has 2 saturated carbocycles. The fourth-order valence-electron chi connectivity index (χ4n) is 7.19. The summed E-state index contributed by atoms with van der Waals surface area (Å²) in [6.07, 6.45) is 6.34. The fraction of sp³-hybridized carbons (Fsp3) is 0.469. The van der Waals surface area contributed by atoms with Crippen molar-refractivity contribution in [1.29, 1.82) is 0 Å². The van der Waals surface area contributed by atoms with Gasteiger partial charge in [0, 0.05) is 49.6 Å². The molecule has 2 amide bonds. The van der Waals surface area contributed by atoms with E-state index in [0.29, 0.717) is 36.0 Å². The summed E-state index contributed by atoms with van der Waals surface area (Å²) in [4.78, 5) is 32.5. The monoisotopic (exact) mass is 554 g/mol. The van der Waals surface area contributed by atoms with Gasteiger partial charge < -0.3 is 30.2 Å². The molecular weight excluding hydrogens is 516 g/mol. The van der Waals surface area contributed by atoms with Crippen molar-refractivity contribution in [2.75, 3.05) is 13.7 Å². The quantitative estimate of drug-likeness (QED) is 0.341. The Kier molecular flexibility index (Phi) is 6.30. The van der Waals surface area contributed by atoms with E-state index in [9.17, 15) is 9.59 Å². The fourth-order valence-corrected chi connectivity index (χ4v) is 7.19. The second kappa shape index (κ2) is 9.91. The van der Waals surface area contributed by atoms with Crippen LogP contribution in [0.25, 0.3) is 33.5 Å². The summed E-state index contributed by atoms with van der Waals surface area (Å²) in [5, 5.41) is 1.12. The third kappa shape index (κ3) is 4.47. The van der Waals surface area contributed by atoms with Crippen molar-refractivity contribution in [3.8, 4) is 17.3 Å². The van der Waals surface area contributed by atoms with Gasteiger partial charge >= 0.3 is 0 Å². The first kappa shape index (κ1) is 26.1. The molecule has 2 bridgehead atoms. The lowest BCUT2D eigenvalue weighted by Gasteiger charge is -2.48. The van der Waals surface area contributed by atoms with Crippen molar-refractivity contribution in [1.82, 2.24) is 19.0 Å². The number of hydrogen-bond acceptors (Lipinski definition) is 5. The van der Waals surface area contributed by atoms with E-state index in [4.69, 9.17) is 21.2 Å². The summed E-state index contributed by atoms with van der Waals surface area (Å²) in [6, 6.07) is 12.6. The van der Waals surface area contributed by atoms with Crippen LogP contribution >= 0.6 is 0 Å². The molecule has 0 unspecified atom stereocenters. The van der Waals surface area contributed by atoms with Crippen molar-refractivity contribution >= 4 is 33.8 Å². The number of hydrogen-bond donors (Lipinski definition) is 2. The summed E-state index contributed by atoms with van der Waals surface area (Å²) >= 11 is 0. The number of rotatable bonds is 8. The van der Waals surface area contributed by atoms with E-state index in [1.165, 1.54) is 12.8 Å². The number of aryl methyl sites for hydroxylation is 2. The van der Waals surface area contributed by atoms with Crippen molar-refractivity contribution < 1.29 is 14.3 Å². The minimum absolute atomic E-state index is 0.0287. The molecule has 9 nitrogen and oxygen atoms in total. The average Bonchev–Trinajstić information content (AvgIpc) is 3.63. The molecule has 4 fully saturated rings. The number of carbonyl (C=O) groups is 2. The Morgan fingerprint density at radius 2 is 1.93 bits per heavy atom. The number of ether oxygens (including phenoxy) is 1. The van der Waals surface area contributed by atoms with Crippen LogP contribution in [0.2, 0.25) is 0 Å². The van der Waals surface area contributed by atoms with Gasteiger partial charge in [0.1, 0.15) is 11.3 Å². The third-order valence-electron chi connectivity index (χ3n) is 9.57. The van der Waals surface area contributed by atoms with E-state index >= 15 is 0 Å². The highest BCUT2D eigenvalue weighted by molar-refractivity contribution is 6.00. The Balaban J connectivity index is 1.33. The van der Waals surface area contributed by atoms with Crippen LogP contribution in [0.1, 0.15) is 54.4 Å². The predicted octanol–water partition coefficient (Wildman–Crippen LogP) is 3.98. The average molecular weight is 555 g/mol. The third-order valence-corrected chi connectivity index (χ3v) is 9.57. The van der Waals surface area contributed by atoms with Crippen LogP contribution in [-0.2, 0) is 24.8 Å². The molecule has 3 atom stereocenters. The zero-order valence-corrected chi connectivity index (χ0v) is 23.8. The highest BCUT2D eigenvalue weighted by Crippen LogP contribution is 2.40. The van der Waals surface area contributed by atoms with Crippen LogP contribution in [0.3, 0.4) is 0 Å². The van der Waals surface area contributed by atoms with Crippen molar-refractivity contribution in [2.45, 2.75) is 63.6 Å². The molecule has 2 aromatic heterocycles. The first-order valence-corrected chi connectivity index (χ1v) is 14.8. The number of primary amides is 1. The minimum atomic E-state index is -0.296. The standard InChI is InChI=1S/C32H38N6O3/c1-36-30-25(12-22(14-27(30)41-2)32(40)37-17-21-8-10-23(37)15-24(21)33)35-31(36)26-13-20-5-3-4-19(9-11-28(34)39)29(20)38(26)16-18-6-7-18/h3-5,12-14,18,21,23-24H,6-11,15-17,33H2,1-2H3,(H2,34,39)/t21-,23-,24+/m1/s1. The lowest BCUT2D eigenvalue weighted by Crippen LogP contribution is -2.58. The Bertz CT molecular complexity index is 1680. The van der Waals surface area contributed by atoms with Gasteiger partial charge in [0.05, 0.1) is 23.8 Å². The van der Waals surface area contributed by atoms with Crippen LogP contribution in [-0.4, -0.2) is 56.6 Å². The summed E-state index contributed by atoms with van der Waals surface area (Å²) in [6.45, 7) is 1.62. The number of aromatic nitrogens is 3. The summed E-state index contributed by atoms with van der Waals surface area (Å²) in [5.41, 5.74) is 17.3. The van der Waals surface area contributed by atoms with E-state index in [2.05, 4.69) is 27.3 Å². The number of methoxy groups -OCH3 is 1. The van der Waals surface area contributed by atoms with Crippen LogP contribution in [0.15, 0.2) is 36.4 Å². The van der Waals surface area contributed by atoms with Crippen molar-refractivity contribution in [3.63, 3.8) is 0 Å². The number of fused-ring (bicyclic) bond motifs is 5. The van der Waals surface area contributed by atoms with Gasteiger partial charge in [0.2, 0.25) is 5.91 Å². The lowest BCUT2D eigenvalue weighted by molar-refractivity contribution is -0.117. The van der Waals surface area contributed by atoms with Gasteiger partial charge in [-0.05, 0) is 74.1 Å². The Morgan fingerprint density at radius 1 is 1.10 bits per heavy atom. The highest BCUT2D eigenvalue weighted by Gasteiger charge is 2.41. The molecule has 2 saturated heterocycles. The molecule has 2 aliphatic heterocycles. The van der Waals surface area contributed by atoms with Gasteiger partial charge in [-0.1, -0.05) is 18.2 Å². The molecular formula is C32H38N6O3. The molecule has 9 heteroatoms. The molecule has 214 valence electrons. The number of carbonyl (C=O) groups excluding carboxylic acids is 2. The number of nitrogens with two attached hydrogens (primary N) is 2. The minimum Gasteiger partial charge on any atom is -0.494 e. The maximum absolute atomic E-state index is 13.8. The Morgan fingerprint density at radius 3 is 2.61 bits per heavy atom. The van der Waals surface area contributed by atoms with Crippen LogP contribution in [0.4, 0.5) is 0 Å². The Labute approximate surface area is 239 Å². The number of benzene rings is 2. The SMILES string of the molecule is COc1cc(C(=O)N2C[C@H]3CC[C@@H]2C[C@@H]3N)cc2nc(-c3cc4cccc(CCC(N)=O)c4n3CC3CC3)n(C)c12. The van der Waals surface area contributed by atoms with Gasteiger partial charge in [0.15, 0.2) is 5.82 Å². The Hall–Kier alpha value is -3.85. The zero-order valence-electron chi connectivity index (χ0n) is 23.8.